The van der Waals surface area contributed by atoms with Gasteiger partial charge in [-0.3, -0.25) is 4.84 Å². The molecule has 3 N–H and O–H groups in total. The van der Waals surface area contributed by atoms with E-state index < -0.39 is 12.1 Å². The Hall–Kier alpha value is -1.39. The van der Waals surface area contributed by atoms with E-state index in [0.717, 1.165) is 5.56 Å². The summed E-state index contributed by atoms with van der Waals surface area (Å²) >= 11 is 0. The normalized spacial score (nSPS) is 12.4. The maximum atomic E-state index is 10.5. The summed E-state index contributed by atoms with van der Waals surface area (Å²) in [5, 5.41) is 8.63. The Morgan fingerprint density at radius 2 is 2.08 bits per heavy atom. The number of aliphatic carboxylic acids is 1. The van der Waals surface area contributed by atoms with E-state index in [9.17, 15) is 4.79 Å². The summed E-state index contributed by atoms with van der Waals surface area (Å²) < 4.78 is 0. The van der Waals surface area contributed by atoms with Crippen LogP contribution in [-0.2, 0) is 16.1 Å². The number of hydrogen-bond donors (Lipinski definition) is 2. The van der Waals surface area contributed by atoms with E-state index in [0.29, 0.717) is 0 Å². The molecule has 0 amide bonds. The van der Waals surface area contributed by atoms with Crippen LogP contribution in [0.5, 0.6) is 0 Å². The maximum Gasteiger partial charge on any atom is 0.335 e. The van der Waals surface area contributed by atoms with Crippen LogP contribution < -0.4 is 5.90 Å². The molecule has 0 aromatic heterocycles. The standard InChI is InChI=1S/C9H11NO3/c10-13-8(9(11)12)6-7-4-2-1-3-5-7/h1-5,8H,6,10H2,(H,11,12). The van der Waals surface area contributed by atoms with Gasteiger partial charge >= 0.3 is 5.97 Å². The van der Waals surface area contributed by atoms with Crippen LogP contribution in [0.2, 0.25) is 0 Å². The van der Waals surface area contributed by atoms with Crippen molar-refractivity contribution in [1.29, 1.82) is 0 Å². The highest BCUT2D eigenvalue weighted by atomic mass is 16.6. The van der Waals surface area contributed by atoms with Crippen molar-refractivity contribution in [2.75, 3.05) is 0 Å². The minimum Gasteiger partial charge on any atom is -0.479 e. The molecule has 0 radical (unpaired) electrons. The average Bonchev–Trinajstić information content (AvgIpc) is 2.15. The SMILES string of the molecule is NOC(Cc1ccccc1)C(=O)O. The fraction of sp³-hybridized carbons (Fsp3) is 0.222. The Balaban J connectivity index is 2.62. The zero-order valence-electron chi connectivity index (χ0n) is 7.01. The van der Waals surface area contributed by atoms with Crippen molar-refractivity contribution in [3.63, 3.8) is 0 Å². The van der Waals surface area contributed by atoms with Gasteiger partial charge in [0.25, 0.3) is 0 Å². The zero-order chi connectivity index (χ0) is 9.68. The molecule has 0 heterocycles. The highest BCUT2D eigenvalue weighted by Gasteiger charge is 2.17. The predicted molar refractivity (Wildman–Crippen MR) is 46.8 cm³/mol. The summed E-state index contributed by atoms with van der Waals surface area (Å²) in [5.41, 5.74) is 0.889. The van der Waals surface area contributed by atoms with Gasteiger partial charge in [0.2, 0.25) is 0 Å². The van der Waals surface area contributed by atoms with Gasteiger partial charge in [0.1, 0.15) is 0 Å². The molecule has 1 aromatic carbocycles. The van der Waals surface area contributed by atoms with Gasteiger partial charge in [-0.15, -0.1) is 0 Å². The Morgan fingerprint density at radius 1 is 1.46 bits per heavy atom. The number of hydrogen-bond acceptors (Lipinski definition) is 3. The summed E-state index contributed by atoms with van der Waals surface area (Å²) in [6.45, 7) is 0. The van der Waals surface area contributed by atoms with E-state index in [-0.39, 0.29) is 6.42 Å². The van der Waals surface area contributed by atoms with Crippen LogP contribution in [0.25, 0.3) is 0 Å². The van der Waals surface area contributed by atoms with Gasteiger partial charge in [-0.2, -0.15) is 0 Å². The molecule has 0 saturated carbocycles. The van der Waals surface area contributed by atoms with Gasteiger partial charge in [-0.25, -0.2) is 10.7 Å². The highest BCUT2D eigenvalue weighted by molar-refractivity contribution is 5.72. The first-order chi connectivity index (χ1) is 6.24. The molecule has 4 heteroatoms. The largest absolute Gasteiger partial charge is 0.479 e. The van der Waals surface area contributed by atoms with Gasteiger partial charge in [-0.05, 0) is 5.56 Å². The number of rotatable bonds is 4. The Kier molecular flexibility index (Phi) is 3.42. The molecule has 1 aromatic rings. The molecule has 1 rings (SSSR count). The molecule has 4 nitrogen and oxygen atoms in total. The van der Waals surface area contributed by atoms with E-state index in [2.05, 4.69) is 4.84 Å². The fourth-order valence-corrected chi connectivity index (χ4v) is 1.02. The average molecular weight is 181 g/mol. The summed E-state index contributed by atoms with van der Waals surface area (Å²) in [7, 11) is 0. The number of carboxylic acid groups (broad SMARTS) is 1. The second-order valence-corrected chi connectivity index (χ2v) is 2.65. The van der Waals surface area contributed by atoms with Crippen LogP contribution in [0.3, 0.4) is 0 Å². The van der Waals surface area contributed by atoms with Crippen molar-refractivity contribution in [2.24, 2.45) is 5.90 Å². The molecular weight excluding hydrogens is 170 g/mol. The van der Waals surface area contributed by atoms with Gasteiger partial charge < -0.3 is 5.11 Å². The van der Waals surface area contributed by atoms with Crippen LogP contribution in [0.4, 0.5) is 0 Å². The zero-order valence-corrected chi connectivity index (χ0v) is 7.01. The van der Waals surface area contributed by atoms with E-state index in [1.807, 2.05) is 30.3 Å². The number of carboxylic acids is 1. The van der Waals surface area contributed by atoms with E-state index >= 15 is 0 Å². The first-order valence-corrected chi connectivity index (χ1v) is 3.86. The molecule has 0 fully saturated rings. The van der Waals surface area contributed by atoms with Crippen LogP contribution in [0.15, 0.2) is 30.3 Å². The molecule has 0 bridgehead atoms. The minimum atomic E-state index is -1.05. The van der Waals surface area contributed by atoms with Gasteiger partial charge in [0.05, 0.1) is 0 Å². The first-order valence-electron chi connectivity index (χ1n) is 3.86. The van der Waals surface area contributed by atoms with E-state index in [1.54, 1.807) is 0 Å². The molecule has 0 saturated heterocycles. The summed E-state index contributed by atoms with van der Waals surface area (Å²) in [6.07, 6.45) is -0.686. The molecule has 1 unspecified atom stereocenters. The summed E-state index contributed by atoms with van der Waals surface area (Å²) in [4.78, 5) is 14.8. The Labute approximate surface area is 75.9 Å². The first kappa shape index (κ1) is 9.70. The van der Waals surface area contributed by atoms with Crippen LogP contribution >= 0.6 is 0 Å². The smallest absolute Gasteiger partial charge is 0.335 e. The van der Waals surface area contributed by atoms with Crippen molar-refractivity contribution >= 4 is 5.97 Å². The highest BCUT2D eigenvalue weighted by Crippen LogP contribution is 2.04. The van der Waals surface area contributed by atoms with Gasteiger partial charge in [0.15, 0.2) is 6.10 Å². The lowest BCUT2D eigenvalue weighted by atomic mass is 10.1. The van der Waals surface area contributed by atoms with E-state index in [4.69, 9.17) is 11.0 Å². The number of benzene rings is 1. The number of nitrogens with two attached hydrogens (primary N) is 1. The van der Waals surface area contributed by atoms with E-state index in [1.165, 1.54) is 0 Å². The second-order valence-electron chi connectivity index (χ2n) is 2.65. The monoisotopic (exact) mass is 181 g/mol. The second kappa shape index (κ2) is 4.59. The molecule has 13 heavy (non-hydrogen) atoms. The third-order valence-corrected chi connectivity index (χ3v) is 1.70. The maximum absolute atomic E-state index is 10.5. The predicted octanol–water partition coefficient (Wildman–Crippen LogP) is 0.573. The fourth-order valence-electron chi connectivity index (χ4n) is 1.02. The topological polar surface area (TPSA) is 72.5 Å². The Morgan fingerprint density at radius 3 is 2.54 bits per heavy atom. The summed E-state index contributed by atoms with van der Waals surface area (Å²) in [5.74, 6) is 3.79. The molecule has 70 valence electrons. The lowest BCUT2D eigenvalue weighted by Gasteiger charge is -2.08. The lowest BCUT2D eigenvalue weighted by molar-refractivity contribution is -0.150. The minimum absolute atomic E-state index is 0.284. The van der Waals surface area contributed by atoms with Crippen LogP contribution in [0, 0.1) is 0 Å². The number of carbonyl (C=O) groups is 1. The van der Waals surface area contributed by atoms with Crippen molar-refractivity contribution in [1.82, 2.24) is 0 Å². The third kappa shape index (κ3) is 2.85. The van der Waals surface area contributed by atoms with Gasteiger partial charge in [-0.1, -0.05) is 30.3 Å². The molecule has 0 spiro atoms. The molecular formula is C9H11NO3. The van der Waals surface area contributed by atoms with Crippen LogP contribution in [-0.4, -0.2) is 17.2 Å². The molecule has 0 aliphatic carbocycles. The molecule has 0 aliphatic rings. The van der Waals surface area contributed by atoms with Crippen molar-refractivity contribution in [2.45, 2.75) is 12.5 Å². The Bertz CT molecular complexity index is 273. The molecule has 1 atom stereocenters. The lowest BCUT2D eigenvalue weighted by Crippen LogP contribution is -2.29. The third-order valence-electron chi connectivity index (χ3n) is 1.70. The molecule has 0 aliphatic heterocycles. The van der Waals surface area contributed by atoms with Crippen LogP contribution in [0.1, 0.15) is 5.56 Å². The van der Waals surface area contributed by atoms with Crippen molar-refractivity contribution in [3.05, 3.63) is 35.9 Å². The van der Waals surface area contributed by atoms with Crippen molar-refractivity contribution in [3.8, 4) is 0 Å². The quantitative estimate of drug-likeness (QED) is 0.666. The van der Waals surface area contributed by atoms with Gasteiger partial charge in [0, 0.05) is 6.42 Å². The van der Waals surface area contributed by atoms with Crippen molar-refractivity contribution < 1.29 is 14.7 Å². The summed E-state index contributed by atoms with van der Waals surface area (Å²) in [6, 6.07) is 9.20.